The second-order valence-electron chi connectivity index (χ2n) is 6.17. The number of nitrogens with one attached hydrogen (secondary N) is 2. The van der Waals surface area contributed by atoms with E-state index in [0.717, 1.165) is 19.4 Å². The lowest BCUT2D eigenvalue weighted by Gasteiger charge is -2.27. The quantitative estimate of drug-likeness (QED) is 0.889. The third-order valence-electron chi connectivity index (χ3n) is 4.27. The molecule has 3 nitrogen and oxygen atoms in total. The van der Waals surface area contributed by atoms with Gasteiger partial charge in [0.05, 0.1) is 0 Å². The molecule has 3 heteroatoms. The monoisotopic (exact) mass is 274 g/mol. The topological polar surface area (TPSA) is 41.1 Å². The molecule has 0 bridgehead atoms. The molecule has 0 unspecified atom stereocenters. The van der Waals surface area contributed by atoms with E-state index in [2.05, 4.69) is 50.5 Å². The van der Waals surface area contributed by atoms with Crippen LogP contribution in [0.2, 0.25) is 0 Å². The van der Waals surface area contributed by atoms with Crippen LogP contribution in [0.5, 0.6) is 0 Å². The maximum Gasteiger partial charge on any atom is 0.223 e. The third kappa shape index (κ3) is 3.60. The lowest BCUT2D eigenvalue weighted by molar-refractivity contribution is -0.126. The zero-order chi connectivity index (χ0) is 14.7. The molecule has 1 aliphatic heterocycles. The molecule has 1 aliphatic rings. The second-order valence-corrected chi connectivity index (χ2v) is 6.17. The molecule has 0 spiro atoms. The molecule has 0 aromatic heterocycles. The summed E-state index contributed by atoms with van der Waals surface area (Å²) in [4.78, 5) is 12.3. The molecule has 1 saturated heterocycles. The van der Waals surface area contributed by atoms with Gasteiger partial charge in [0.25, 0.3) is 0 Å². The minimum Gasteiger partial charge on any atom is -0.352 e. The van der Waals surface area contributed by atoms with Crippen LogP contribution in [0.15, 0.2) is 12.1 Å². The lowest BCUT2D eigenvalue weighted by Crippen LogP contribution is -2.42. The normalized spacial score (nSPS) is 22.6. The van der Waals surface area contributed by atoms with Crippen molar-refractivity contribution in [3.8, 4) is 0 Å². The summed E-state index contributed by atoms with van der Waals surface area (Å²) in [6.07, 6.45) is 1.89. The smallest absolute Gasteiger partial charge is 0.223 e. The molecular weight excluding hydrogens is 248 g/mol. The summed E-state index contributed by atoms with van der Waals surface area (Å²) < 4.78 is 0. The van der Waals surface area contributed by atoms with Gasteiger partial charge < -0.3 is 10.6 Å². The molecule has 1 amide bonds. The van der Waals surface area contributed by atoms with E-state index < -0.39 is 0 Å². The molecule has 2 N–H and O–H groups in total. The van der Waals surface area contributed by atoms with E-state index in [1.807, 2.05) is 0 Å². The van der Waals surface area contributed by atoms with Crippen LogP contribution in [0.3, 0.4) is 0 Å². The van der Waals surface area contributed by atoms with E-state index >= 15 is 0 Å². The molecular formula is C17H26N2O. The van der Waals surface area contributed by atoms with Crippen LogP contribution >= 0.6 is 0 Å². The van der Waals surface area contributed by atoms with Gasteiger partial charge in [0.1, 0.15) is 0 Å². The van der Waals surface area contributed by atoms with E-state index in [-0.39, 0.29) is 11.8 Å². The average Bonchev–Trinajstić information content (AvgIpc) is 2.37. The highest BCUT2D eigenvalue weighted by Crippen LogP contribution is 2.18. The van der Waals surface area contributed by atoms with Crippen molar-refractivity contribution in [1.29, 1.82) is 0 Å². The molecule has 1 fully saturated rings. The number of amides is 1. The zero-order valence-corrected chi connectivity index (χ0v) is 13.0. The highest BCUT2D eigenvalue weighted by Gasteiger charge is 2.24. The average molecular weight is 274 g/mol. The Morgan fingerprint density at radius 3 is 2.55 bits per heavy atom. The third-order valence-corrected chi connectivity index (χ3v) is 4.27. The van der Waals surface area contributed by atoms with Gasteiger partial charge in [-0.25, -0.2) is 0 Å². The van der Waals surface area contributed by atoms with E-state index in [1.165, 1.54) is 22.3 Å². The van der Waals surface area contributed by atoms with Crippen molar-refractivity contribution < 1.29 is 4.79 Å². The van der Waals surface area contributed by atoms with Crippen molar-refractivity contribution in [2.75, 3.05) is 6.54 Å². The first kappa shape index (κ1) is 15.0. The molecule has 0 aliphatic carbocycles. The fourth-order valence-corrected chi connectivity index (χ4v) is 3.18. The Hall–Kier alpha value is -1.35. The highest BCUT2D eigenvalue weighted by atomic mass is 16.1. The molecule has 2 atom stereocenters. The van der Waals surface area contributed by atoms with E-state index in [0.29, 0.717) is 12.6 Å². The van der Waals surface area contributed by atoms with E-state index in [9.17, 15) is 4.79 Å². The molecule has 1 aromatic carbocycles. The van der Waals surface area contributed by atoms with Crippen LogP contribution in [0.4, 0.5) is 0 Å². The second kappa shape index (κ2) is 6.40. The van der Waals surface area contributed by atoms with Crippen molar-refractivity contribution in [1.82, 2.24) is 10.6 Å². The van der Waals surface area contributed by atoms with Crippen molar-refractivity contribution in [2.24, 2.45) is 5.92 Å². The molecule has 20 heavy (non-hydrogen) atoms. The number of carbonyl (C=O) groups is 1. The number of hydrogen-bond donors (Lipinski definition) is 2. The fraction of sp³-hybridized carbons (Fsp3) is 0.588. The molecule has 110 valence electrons. The summed E-state index contributed by atoms with van der Waals surface area (Å²) in [6.45, 7) is 10.1. The van der Waals surface area contributed by atoms with Gasteiger partial charge in [-0.05, 0) is 63.8 Å². The minimum atomic E-state index is 0.164. The first-order chi connectivity index (χ1) is 9.47. The number of rotatable bonds is 3. The van der Waals surface area contributed by atoms with Crippen molar-refractivity contribution >= 4 is 5.91 Å². The van der Waals surface area contributed by atoms with Crippen LogP contribution < -0.4 is 10.6 Å². The van der Waals surface area contributed by atoms with Gasteiger partial charge in [-0.1, -0.05) is 17.7 Å². The number of piperidine rings is 1. The van der Waals surface area contributed by atoms with Crippen molar-refractivity contribution in [3.05, 3.63) is 34.4 Å². The Labute approximate surface area is 122 Å². The molecule has 0 radical (unpaired) electrons. The molecule has 1 aromatic rings. The molecule has 0 saturated carbocycles. The SMILES string of the molecule is Cc1cc(C)c(CNC(=O)[C@H]2CCN[C@@H](C)C2)c(C)c1. The Morgan fingerprint density at radius 2 is 1.95 bits per heavy atom. The predicted molar refractivity (Wildman–Crippen MR) is 82.7 cm³/mol. The standard InChI is InChI=1S/C17H26N2O/c1-11-7-12(2)16(13(3)8-11)10-19-17(20)15-5-6-18-14(4)9-15/h7-8,14-15,18H,5-6,9-10H2,1-4H3,(H,19,20)/t14-,15-/m0/s1. The first-order valence-corrected chi connectivity index (χ1v) is 7.55. The van der Waals surface area contributed by atoms with Crippen LogP contribution in [-0.4, -0.2) is 18.5 Å². The van der Waals surface area contributed by atoms with Gasteiger partial charge in [0.2, 0.25) is 5.91 Å². The fourth-order valence-electron chi connectivity index (χ4n) is 3.18. The molecule has 1 heterocycles. The van der Waals surface area contributed by atoms with Crippen LogP contribution in [-0.2, 0) is 11.3 Å². The summed E-state index contributed by atoms with van der Waals surface area (Å²) in [5, 5.41) is 6.51. The number of hydrogen-bond acceptors (Lipinski definition) is 2. The van der Waals surface area contributed by atoms with E-state index in [4.69, 9.17) is 0 Å². The van der Waals surface area contributed by atoms with Gasteiger partial charge in [0.15, 0.2) is 0 Å². The summed E-state index contributed by atoms with van der Waals surface area (Å²) in [5.41, 5.74) is 5.07. The Balaban J connectivity index is 1.96. The van der Waals surface area contributed by atoms with Crippen molar-refractivity contribution in [2.45, 2.75) is 53.1 Å². The minimum absolute atomic E-state index is 0.164. The highest BCUT2D eigenvalue weighted by molar-refractivity contribution is 5.78. The van der Waals surface area contributed by atoms with Crippen molar-refractivity contribution in [3.63, 3.8) is 0 Å². The van der Waals surface area contributed by atoms with Gasteiger partial charge in [0, 0.05) is 18.5 Å². The Kier molecular flexibility index (Phi) is 4.81. The Morgan fingerprint density at radius 1 is 1.30 bits per heavy atom. The maximum atomic E-state index is 12.3. The summed E-state index contributed by atoms with van der Waals surface area (Å²) in [7, 11) is 0. The van der Waals surface area contributed by atoms with Gasteiger partial charge in [-0.15, -0.1) is 0 Å². The summed E-state index contributed by atoms with van der Waals surface area (Å²) in [6, 6.07) is 4.81. The van der Waals surface area contributed by atoms with Crippen LogP contribution in [0.25, 0.3) is 0 Å². The molecule has 2 rings (SSSR count). The predicted octanol–water partition coefficient (Wildman–Crippen LogP) is 2.62. The maximum absolute atomic E-state index is 12.3. The van der Waals surface area contributed by atoms with Gasteiger partial charge in [-0.2, -0.15) is 0 Å². The van der Waals surface area contributed by atoms with Crippen LogP contribution in [0.1, 0.15) is 42.0 Å². The van der Waals surface area contributed by atoms with Gasteiger partial charge in [-0.3, -0.25) is 4.79 Å². The summed E-state index contributed by atoms with van der Waals surface area (Å²) in [5.74, 6) is 0.370. The van der Waals surface area contributed by atoms with E-state index in [1.54, 1.807) is 0 Å². The summed E-state index contributed by atoms with van der Waals surface area (Å²) >= 11 is 0. The zero-order valence-electron chi connectivity index (χ0n) is 13.0. The number of carbonyl (C=O) groups excluding carboxylic acids is 1. The number of aryl methyl sites for hydroxylation is 3. The first-order valence-electron chi connectivity index (χ1n) is 7.55. The Bertz CT molecular complexity index is 473. The largest absolute Gasteiger partial charge is 0.352 e. The van der Waals surface area contributed by atoms with Crippen LogP contribution in [0, 0.1) is 26.7 Å². The number of benzene rings is 1. The van der Waals surface area contributed by atoms with Gasteiger partial charge >= 0.3 is 0 Å². The lowest BCUT2D eigenvalue weighted by atomic mass is 9.92.